The first-order valence-corrected chi connectivity index (χ1v) is 8.06. The molecular formula is C17H23FN2O2. The summed E-state index contributed by atoms with van der Waals surface area (Å²) in [6, 6.07) is 6.30. The Morgan fingerprint density at radius 3 is 2.50 bits per heavy atom. The van der Waals surface area contributed by atoms with Crippen LogP contribution in [0.25, 0.3) is 0 Å². The average Bonchev–Trinajstić information content (AvgIpc) is 2.89. The van der Waals surface area contributed by atoms with E-state index in [1.165, 1.54) is 6.07 Å². The van der Waals surface area contributed by atoms with Crippen LogP contribution in [0.3, 0.4) is 0 Å². The van der Waals surface area contributed by atoms with Crippen molar-refractivity contribution >= 4 is 11.6 Å². The normalized spacial score (nSPS) is 25.7. The topological polar surface area (TPSA) is 43.8 Å². The molecule has 2 heterocycles. The molecule has 0 aliphatic carbocycles. The number of amides is 1. The maximum Gasteiger partial charge on any atom is 0.244 e. The summed E-state index contributed by atoms with van der Waals surface area (Å²) in [5.74, 6) is -0.0136. The van der Waals surface area contributed by atoms with Crippen LogP contribution in [-0.4, -0.2) is 47.7 Å². The van der Waals surface area contributed by atoms with E-state index in [-0.39, 0.29) is 23.9 Å². The fourth-order valence-corrected chi connectivity index (χ4v) is 3.63. The molecule has 2 fully saturated rings. The van der Waals surface area contributed by atoms with Crippen LogP contribution in [0.2, 0.25) is 0 Å². The highest BCUT2D eigenvalue weighted by Gasteiger charge is 2.39. The number of benzene rings is 1. The minimum atomic E-state index is -0.343. The van der Waals surface area contributed by atoms with Gasteiger partial charge in [0.15, 0.2) is 0 Å². The summed E-state index contributed by atoms with van der Waals surface area (Å²) in [5, 5.41) is 9.67. The van der Waals surface area contributed by atoms with Gasteiger partial charge in [-0.25, -0.2) is 4.39 Å². The van der Waals surface area contributed by atoms with Crippen LogP contribution in [0.4, 0.5) is 10.1 Å². The van der Waals surface area contributed by atoms with Gasteiger partial charge in [0.25, 0.3) is 0 Å². The molecule has 4 nitrogen and oxygen atoms in total. The number of carbonyl (C=O) groups excluding carboxylic acids is 1. The molecule has 3 rings (SSSR count). The molecule has 0 saturated carbocycles. The van der Waals surface area contributed by atoms with E-state index >= 15 is 0 Å². The largest absolute Gasteiger partial charge is 0.393 e. The third kappa shape index (κ3) is 2.88. The van der Waals surface area contributed by atoms with E-state index in [1.807, 2.05) is 6.92 Å². The standard InChI is InChI=1S/C17H23FN2O2/c1-12(21)13-6-9-19(10-7-13)16-8-11-20(17(16)22)15-5-3-2-4-14(15)18/h2-5,12-13,16,21H,6-11H2,1H3. The Kier molecular flexibility index (Phi) is 4.45. The molecule has 1 aromatic carbocycles. The van der Waals surface area contributed by atoms with E-state index < -0.39 is 0 Å². The SMILES string of the molecule is CC(O)C1CCN(C2CCN(c3ccccc3F)C2=O)CC1. The Morgan fingerprint density at radius 2 is 1.86 bits per heavy atom. The highest BCUT2D eigenvalue weighted by molar-refractivity contribution is 5.99. The Bertz CT molecular complexity index is 541. The van der Waals surface area contributed by atoms with Gasteiger partial charge >= 0.3 is 0 Å². The lowest BCUT2D eigenvalue weighted by molar-refractivity contribution is -0.122. The van der Waals surface area contributed by atoms with Crippen molar-refractivity contribution in [1.29, 1.82) is 0 Å². The number of aliphatic hydroxyl groups excluding tert-OH is 1. The molecular weight excluding hydrogens is 283 g/mol. The number of aliphatic hydroxyl groups is 1. The maximum absolute atomic E-state index is 13.9. The van der Waals surface area contributed by atoms with E-state index in [0.717, 1.165) is 32.4 Å². The van der Waals surface area contributed by atoms with Gasteiger partial charge in [-0.3, -0.25) is 9.69 Å². The number of para-hydroxylation sites is 1. The van der Waals surface area contributed by atoms with Crippen molar-refractivity contribution in [3.63, 3.8) is 0 Å². The summed E-state index contributed by atoms with van der Waals surface area (Å²) in [6.07, 6.45) is 2.30. The van der Waals surface area contributed by atoms with Crippen molar-refractivity contribution in [1.82, 2.24) is 4.90 Å². The van der Waals surface area contributed by atoms with E-state index in [1.54, 1.807) is 23.1 Å². The van der Waals surface area contributed by atoms with Gasteiger partial charge in [0, 0.05) is 6.54 Å². The molecule has 0 radical (unpaired) electrons. The maximum atomic E-state index is 13.9. The number of piperidine rings is 1. The molecule has 2 atom stereocenters. The number of hydrogen-bond donors (Lipinski definition) is 1. The van der Waals surface area contributed by atoms with Crippen molar-refractivity contribution < 1.29 is 14.3 Å². The lowest BCUT2D eigenvalue weighted by atomic mass is 9.91. The number of nitrogens with zero attached hydrogens (tertiary/aromatic N) is 2. The summed E-state index contributed by atoms with van der Waals surface area (Å²) in [6.45, 7) is 4.07. The second-order valence-corrected chi connectivity index (χ2v) is 6.36. The van der Waals surface area contributed by atoms with Crippen molar-refractivity contribution in [2.45, 2.75) is 38.3 Å². The quantitative estimate of drug-likeness (QED) is 0.929. The highest BCUT2D eigenvalue weighted by atomic mass is 19.1. The first kappa shape index (κ1) is 15.4. The fourth-order valence-electron chi connectivity index (χ4n) is 3.63. The molecule has 1 amide bonds. The molecule has 0 spiro atoms. The molecule has 5 heteroatoms. The molecule has 2 saturated heterocycles. The fraction of sp³-hybridized carbons (Fsp3) is 0.588. The van der Waals surface area contributed by atoms with Gasteiger partial charge in [-0.1, -0.05) is 12.1 Å². The Morgan fingerprint density at radius 1 is 1.18 bits per heavy atom. The molecule has 0 aromatic heterocycles. The van der Waals surface area contributed by atoms with Crippen LogP contribution in [0.1, 0.15) is 26.2 Å². The molecule has 22 heavy (non-hydrogen) atoms. The number of rotatable bonds is 3. The summed E-state index contributed by atoms with van der Waals surface area (Å²) in [4.78, 5) is 16.4. The summed E-state index contributed by atoms with van der Waals surface area (Å²) < 4.78 is 13.9. The van der Waals surface area contributed by atoms with Crippen LogP contribution in [-0.2, 0) is 4.79 Å². The predicted octanol–water partition coefficient (Wildman–Crippen LogP) is 2.02. The van der Waals surface area contributed by atoms with Crippen LogP contribution in [0, 0.1) is 11.7 Å². The van der Waals surface area contributed by atoms with Gasteiger partial charge in [-0.05, 0) is 57.3 Å². The number of likely N-dealkylation sites (tertiary alicyclic amines) is 1. The van der Waals surface area contributed by atoms with Crippen LogP contribution < -0.4 is 4.90 Å². The number of carbonyl (C=O) groups is 1. The van der Waals surface area contributed by atoms with Gasteiger partial charge in [-0.2, -0.15) is 0 Å². The zero-order valence-corrected chi connectivity index (χ0v) is 12.9. The highest BCUT2D eigenvalue weighted by Crippen LogP contribution is 2.29. The molecule has 2 aliphatic heterocycles. The smallest absolute Gasteiger partial charge is 0.244 e. The monoisotopic (exact) mass is 306 g/mol. The van der Waals surface area contributed by atoms with E-state index in [0.29, 0.717) is 18.2 Å². The second kappa shape index (κ2) is 6.34. The van der Waals surface area contributed by atoms with Gasteiger partial charge in [0.2, 0.25) is 5.91 Å². The van der Waals surface area contributed by atoms with Crippen molar-refractivity contribution in [3.05, 3.63) is 30.1 Å². The zero-order chi connectivity index (χ0) is 15.7. The van der Waals surface area contributed by atoms with Gasteiger partial charge in [0.1, 0.15) is 5.82 Å². The number of anilines is 1. The minimum absolute atomic E-state index is 0.000553. The third-order valence-electron chi connectivity index (χ3n) is 5.02. The molecule has 2 unspecified atom stereocenters. The van der Waals surface area contributed by atoms with Gasteiger partial charge < -0.3 is 10.0 Å². The van der Waals surface area contributed by atoms with Crippen molar-refractivity contribution in [3.8, 4) is 0 Å². The second-order valence-electron chi connectivity index (χ2n) is 6.36. The first-order valence-electron chi connectivity index (χ1n) is 8.06. The molecule has 1 aromatic rings. The lowest BCUT2D eigenvalue weighted by Gasteiger charge is -2.36. The lowest BCUT2D eigenvalue weighted by Crippen LogP contribution is -2.47. The summed E-state index contributed by atoms with van der Waals surface area (Å²) in [7, 11) is 0. The summed E-state index contributed by atoms with van der Waals surface area (Å²) in [5.41, 5.74) is 0.383. The van der Waals surface area contributed by atoms with E-state index in [4.69, 9.17) is 0 Å². The Labute approximate surface area is 130 Å². The molecule has 0 bridgehead atoms. The number of hydrogen-bond acceptors (Lipinski definition) is 3. The third-order valence-corrected chi connectivity index (χ3v) is 5.02. The van der Waals surface area contributed by atoms with E-state index in [9.17, 15) is 14.3 Å². The Hall–Kier alpha value is -1.46. The Balaban J connectivity index is 1.66. The van der Waals surface area contributed by atoms with Crippen LogP contribution >= 0.6 is 0 Å². The molecule has 1 N–H and O–H groups in total. The molecule has 120 valence electrons. The molecule has 2 aliphatic rings. The zero-order valence-electron chi connectivity index (χ0n) is 12.9. The van der Waals surface area contributed by atoms with Gasteiger partial charge in [-0.15, -0.1) is 0 Å². The summed E-state index contributed by atoms with van der Waals surface area (Å²) >= 11 is 0. The van der Waals surface area contributed by atoms with Crippen LogP contribution in [0.15, 0.2) is 24.3 Å². The van der Waals surface area contributed by atoms with E-state index in [2.05, 4.69) is 4.90 Å². The minimum Gasteiger partial charge on any atom is -0.393 e. The van der Waals surface area contributed by atoms with Crippen molar-refractivity contribution in [2.24, 2.45) is 5.92 Å². The van der Waals surface area contributed by atoms with Gasteiger partial charge in [0.05, 0.1) is 17.8 Å². The first-order chi connectivity index (χ1) is 10.6. The van der Waals surface area contributed by atoms with Crippen molar-refractivity contribution in [2.75, 3.05) is 24.5 Å². The number of halogens is 1. The predicted molar refractivity (Wildman–Crippen MR) is 83.1 cm³/mol. The van der Waals surface area contributed by atoms with Crippen LogP contribution in [0.5, 0.6) is 0 Å². The average molecular weight is 306 g/mol.